The Balaban J connectivity index is 1.46. The van der Waals surface area contributed by atoms with Crippen LogP contribution >= 0.6 is 0 Å². The summed E-state index contributed by atoms with van der Waals surface area (Å²) in [5, 5.41) is 20.8. The minimum atomic E-state index is -0.262. The molecule has 2 N–H and O–H groups in total. The molecule has 4 aliphatic carbocycles. The van der Waals surface area contributed by atoms with E-state index in [0.29, 0.717) is 11.3 Å². The molecule has 172 valence electrons. The minimum Gasteiger partial charge on any atom is -0.396 e. The molecule has 1 spiro atoms. The molecule has 1 unspecified atom stereocenters. The van der Waals surface area contributed by atoms with E-state index in [9.17, 15) is 10.2 Å². The highest BCUT2D eigenvalue weighted by molar-refractivity contribution is 5.75. The number of hydrogen-bond donors (Lipinski definition) is 2. The number of allylic oxidation sites excluding steroid dienone is 1. The third-order valence-electron chi connectivity index (χ3n) is 11.2. The van der Waals surface area contributed by atoms with Gasteiger partial charge in [-0.1, -0.05) is 38.1 Å². The maximum absolute atomic E-state index is 10.4. The molecule has 1 heterocycles. The molecule has 4 saturated carbocycles. The Morgan fingerprint density at radius 2 is 1.97 bits per heavy atom. The molecule has 0 aliphatic heterocycles. The Hall–Kier alpha value is -1.65. The second kappa shape index (κ2) is 6.70. The Bertz CT molecular complexity index is 1080. The fourth-order valence-corrected chi connectivity index (χ4v) is 9.27. The summed E-state index contributed by atoms with van der Waals surface area (Å²) < 4.78 is 2.42. The monoisotopic (exact) mass is 434 g/mol. The zero-order valence-electron chi connectivity index (χ0n) is 19.7. The van der Waals surface area contributed by atoms with Gasteiger partial charge in [0.15, 0.2) is 0 Å². The molecule has 1 aromatic carbocycles. The number of para-hydroxylation sites is 2. The number of nitrogens with zero attached hydrogens (tertiary/aromatic N) is 2. The third kappa shape index (κ3) is 2.43. The lowest BCUT2D eigenvalue weighted by Crippen LogP contribution is -2.52. The van der Waals surface area contributed by atoms with Gasteiger partial charge in [0, 0.05) is 13.2 Å². The van der Waals surface area contributed by atoms with Gasteiger partial charge < -0.3 is 14.8 Å². The molecule has 0 radical (unpaired) electrons. The molecule has 4 fully saturated rings. The number of rotatable bonds is 4. The van der Waals surface area contributed by atoms with Gasteiger partial charge in [0.2, 0.25) is 0 Å². The predicted molar refractivity (Wildman–Crippen MR) is 127 cm³/mol. The lowest BCUT2D eigenvalue weighted by molar-refractivity contribution is -0.0989. The van der Waals surface area contributed by atoms with Crippen LogP contribution in [0.25, 0.3) is 11.0 Å². The Morgan fingerprint density at radius 1 is 1.16 bits per heavy atom. The quantitative estimate of drug-likeness (QED) is 0.639. The standard InChI is InChI=1S/C28H38N2O2/c1-19-8-13-28-16-27(28,17-30-18-29-22-6-4-5-7-23(22)30)24(10-12-26(19,28)3)25(2)11-9-21(32)14-20(25)15-31/h4-7,18,20-21,24,31-32H,1,8-17H2,2-3H3/t20-,21+,24-,25+,26-,27?,28+/m1/s1. The van der Waals surface area contributed by atoms with E-state index in [1.165, 1.54) is 36.8 Å². The van der Waals surface area contributed by atoms with Gasteiger partial charge in [0.05, 0.1) is 23.5 Å². The number of hydrogen-bond acceptors (Lipinski definition) is 3. The van der Waals surface area contributed by atoms with E-state index in [-0.39, 0.29) is 34.9 Å². The van der Waals surface area contributed by atoms with Crippen molar-refractivity contribution in [2.45, 2.75) is 77.9 Å². The van der Waals surface area contributed by atoms with Crippen molar-refractivity contribution < 1.29 is 10.2 Å². The Labute approximate surface area is 191 Å². The molecular weight excluding hydrogens is 396 g/mol. The maximum Gasteiger partial charge on any atom is 0.0958 e. The van der Waals surface area contributed by atoms with Crippen LogP contribution in [-0.4, -0.2) is 32.5 Å². The Morgan fingerprint density at radius 3 is 2.78 bits per heavy atom. The summed E-state index contributed by atoms with van der Waals surface area (Å²) in [4.78, 5) is 4.72. The molecule has 4 heteroatoms. The van der Waals surface area contributed by atoms with Crippen molar-refractivity contribution in [3.8, 4) is 0 Å². The molecule has 0 bridgehead atoms. The molecule has 6 rings (SSSR count). The van der Waals surface area contributed by atoms with Crippen molar-refractivity contribution in [1.29, 1.82) is 0 Å². The minimum absolute atomic E-state index is 0.0686. The van der Waals surface area contributed by atoms with Gasteiger partial charge in [-0.05, 0) is 97.0 Å². The van der Waals surface area contributed by atoms with E-state index in [4.69, 9.17) is 4.98 Å². The highest BCUT2D eigenvalue weighted by Gasteiger charge is 2.81. The van der Waals surface area contributed by atoms with Gasteiger partial charge in [-0.25, -0.2) is 4.98 Å². The van der Waals surface area contributed by atoms with Gasteiger partial charge in [-0.2, -0.15) is 0 Å². The van der Waals surface area contributed by atoms with Gasteiger partial charge in [-0.15, -0.1) is 0 Å². The van der Waals surface area contributed by atoms with Gasteiger partial charge >= 0.3 is 0 Å². The summed E-state index contributed by atoms with van der Waals surface area (Å²) in [5.74, 6) is 0.735. The van der Waals surface area contributed by atoms with Crippen molar-refractivity contribution in [3.63, 3.8) is 0 Å². The number of aliphatic hydroxyl groups is 2. The fourth-order valence-electron chi connectivity index (χ4n) is 9.27. The van der Waals surface area contributed by atoms with Crippen molar-refractivity contribution >= 4 is 11.0 Å². The van der Waals surface area contributed by atoms with E-state index in [1.807, 2.05) is 0 Å². The molecule has 7 atom stereocenters. The summed E-state index contributed by atoms with van der Waals surface area (Å²) in [6, 6.07) is 8.50. The summed E-state index contributed by atoms with van der Waals surface area (Å²) >= 11 is 0. The molecular formula is C28H38N2O2. The van der Waals surface area contributed by atoms with Gasteiger partial charge in [0.1, 0.15) is 0 Å². The number of aliphatic hydroxyl groups excluding tert-OH is 2. The fraction of sp³-hybridized carbons (Fsp3) is 0.679. The zero-order chi connectivity index (χ0) is 22.4. The number of imidazole rings is 1. The summed E-state index contributed by atoms with van der Waals surface area (Å²) in [5.41, 5.74) is 4.62. The van der Waals surface area contributed by atoms with Crippen LogP contribution in [-0.2, 0) is 6.54 Å². The first-order chi connectivity index (χ1) is 15.3. The predicted octanol–water partition coefficient (Wildman–Crippen LogP) is 5.34. The molecule has 0 amide bonds. The normalized spacial score (nSPS) is 45.6. The van der Waals surface area contributed by atoms with E-state index in [2.05, 4.69) is 55.6 Å². The third-order valence-corrected chi connectivity index (χ3v) is 11.2. The van der Waals surface area contributed by atoms with E-state index < -0.39 is 0 Å². The Kier molecular flexibility index (Phi) is 4.38. The maximum atomic E-state index is 10.4. The second-order valence-corrected chi connectivity index (χ2v) is 12.1. The molecule has 4 aliphatic rings. The summed E-state index contributed by atoms with van der Waals surface area (Å²) in [6.07, 6.45) is 10.5. The number of benzene rings is 1. The van der Waals surface area contributed by atoms with Crippen LogP contribution < -0.4 is 0 Å². The molecule has 4 nitrogen and oxygen atoms in total. The van der Waals surface area contributed by atoms with Crippen LogP contribution in [0.5, 0.6) is 0 Å². The summed E-state index contributed by atoms with van der Waals surface area (Å²) in [7, 11) is 0. The largest absolute Gasteiger partial charge is 0.396 e. The average molecular weight is 435 g/mol. The first kappa shape index (κ1) is 20.9. The molecule has 2 aromatic rings. The topological polar surface area (TPSA) is 58.3 Å². The molecule has 32 heavy (non-hydrogen) atoms. The number of fused-ring (bicyclic) bond motifs is 1. The summed E-state index contributed by atoms with van der Waals surface area (Å²) in [6.45, 7) is 10.7. The van der Waals surface area contributed by atoms with Crippen molar-refractivity contribution in [2.75, 3.05) is 6.61 Å². The van der Waals surface area contributed by atoms with E-state index >= 15 is 0 Å². The van der Waals surface area contributed by atoms with E-state index in [0.717, 1.165) is 37.7 Å². The smallest absolute Gasteiger partial charge is 0.0958 e. The zero-order valence-corrected chi connectivity index (χ0v) is 19.7. The first-order valence-electron chi connectivity index (χ1n) is 12.7. The highest BCUT2D eigenvalue weighted by Crippen LogP contribution is 2.87. The molecule has 1 aromatic heterocycles. The van der Waals surface area contributed by atoms with Crippen LogP contribution in [0.2, 0.25) is 0 Å². The van der Waals surface area contributed by atoms with Crippen LogP contribution in [0.3, 0.4) is 0 Å². The highest BCUT2D eigenvalue weighted by atomic mass is 16.3. The van der Waals surface area contributed by atoms with Crippen LogP contribution in [0.15, 0.2) is 42.7 Å². The second-order valence-electron chi connectivity index (χ2n) is 12.1. The van der Waals surface area contributed by atoms with Crippen molar-refractivity contribution in [2.24, 2.45) is 33.5 Å². The SMILES string of the molecule is C=C1CC[C@@]23CC2(Cn2cnc4ccccc42)[C@@H]([C@@]2(C)CC[C@H](O)C[C@@H]2CO)CC[C@]13C. The van der Waals surface area contributed by atoms with Crippen LogP contribution in [0.4, 0.5) is 0 Å². The molecule has 0 saturated heterocycles. The van der Waals surface area contributed by atoms with Gasteiger partial charge in [0.25, 0.3) is 0 Å². The lowest BCUT2D eigenvalue weighted by Gasteiger charge is -2.56. The van der Waals surface area contributed by atoms with Gasteiger partial charge in [-0.3, -0.25) is 0 Å². The average Bonchev–Trinajstić information content (AvgIpc) is 3.18. The van der Waals surface area contributed by atoms with Crippen LogP contribution in [0.1, 0.15) is 65.2 Å². The van der Waals surface area contributed by atoms with Crippen molar-refractivity contribution in [3.05, 3.63) is 42.7 Å². The first-order valence-corrected chi connectivity index (χ1v) is 12.7. The number of aromatic nitrogens is 2. The van der Waals surface area contributed by atoms with Crippen LogP contribution in [0, 0.1) is 33.5 Å². The lowest BCUT2D eigenvalue weighted by atomic mass is 9.49. The van der Waals surface area contributed by atoms with Crippen molar-refractivity contribution in [1.82, 2.24) is 9.55 Å². The van der Waals surface area contributed by atoms with E-state index in [1.54, 1.807) is 0 Å².